The molecule has 0 amide bonds. The Balaban J connectivity index is 2.42. The van der Waals surface area contributed by atoms with Gasteiger partial charge in [-0.15, -0.1) is 0 Å². The van der Waals surface area contributed by atoms with Gasteiger partial charge in [-0.3, -0.25) is 9.99 Å². The summed E-state index contributed by atoms with van der Waals surface area (Å²) in [5.74, 6) is 0.393. The number of nitriles is 1. The van der Waals surface area contributed by atoms with Crippen LogP contribution in [-0.2, 0) is 9.19 Å². The molecule has 0 fully saturated rings. The molecule has 0 aliphatic carbocycles. The number of hydrogen-bond donors (Lipinski definition) is 2. The van der Waals surface area contributed by atoms with Crippen molar-refractivity contribution in [3.05, 3.63) is 52.5 Å². The second kappa shape index (κ2) is 8.37. The Kier molecular flexibility index (Phi) is 6.45. The molecule has 9 heteroatoms. The van der Waals surface area contributed by atoms with Crippen LogP contribution in [0.5, 0.6) is 5.75 Å². The lowest BCUT2D eigenvalue weighted by Gasteiger charge is -2.28. The van der Waals surface area contributed by atoms with Gasteiger partial charge in [0.15, 0.2) is 0 Å². The van der Waals surface area contributed by atoms with E-state index in [0.717, 1.165) is 5.17 Å². The maximum atomic E-state index is 12.1. The third kappa shape index (κ3) is 4.97. The molecule has 2 aromatic rings. The van der Waals surface area contributed by atoms with E-state index in [4.69, 9.17) is 14.6 Å². The molecule has 7 nitrogen and oxygen atoms in total. The number of hydrazine groups is 1. The summed E-state index contributed by atoms with van der Waals surface area (Å²) in [7, 11) is -2.37. The van der Waals surface area contributed by atoms with Gasteiger partial charge in [-0.2, -0.15) is 15.1 Å². The number of halogens is 1. The molecule has 0 saturated carbocycles. The SMILES string of the molecule is CCP(=O)(O)ON(Nc1ccc(C#N)cc1OC)c1ccccc1Br. The number of methoxy groups -OCH3 is 1. The summed E-state index contributed by atoms with van der Waals surface area (Å²) in [6.45, 7) is 1.56. The number of nitrogens with one attached hydrogen (secondary N) is 1. The highest BCUT2D eigenvalue weighted by atomic mass is 79.9. The van der Waals surface area contributed by atoms with Crippen molar-refractivity contribution in [1.82, 2.24) is 0 Å². The van der Waals surface area contributed by atoms with Crippen molar-refractivity contribution in [1.29, 1.82) is 5.26 Å². The van der Waals surface area contributed by atoms with Crippen LogP contribution in [0.15, 0.2) is 46.9 Å². The van der Waals surface area contributed by atoms with Gasteiger partial charge in [0.05, 0.1) is 24.4 Å². The van der Waals surface area contributed by atoms with Gasteiger partial charge in [-0.05, 0) is 40.2 Å². The van der Waals surface area contributed by atoms with Crippen molar-refractivity contribution < 1.29 is 18.8 Å². The highest BCUT2D eigenvalue weighted by Gasteiger charge is 2.24. The number of rotatable bonds is 7. The van der Waals surface area contributed by atoms with Crippen molar-refractivity contribution in [2.75, 3.05) is 23.9 Å². The average molecular weight is 426 g/mol. The fraction of sp³-hybridized carbons (Fsp3) is 0.188. The van der Waals surface area contributed by atoms with Gasteiger partial charge < -0.3 is 9.63 Å². The maximum absolute atomic E-state index is 12.1. The van der Waals surface area contributed by atoms with E-state index in [0.29, 0.717) is 27.2 Å². The van der Waals surface area contributed by atoms with Gasteiger partial charge in [0.1, 0.15) is 11.4 Å². The zero-order chi connectivity index (χ0) is 18.4. The Morgan fingerprint density at radius 3 is 2.68 bits per heavy atom. The highest BCUT2D eigenvalue weighted by Crippen LogP contribution is 2.44. The molecule has 0 heterocycles. The zero-order valence-corrected chi connectivity index (χ0v) is 16.1. The Morgan fingerprint density at radius 1 is 1.36 bits per heavy atom. The fourth-order valence-electron chi connectivity index (χ4n) is 1.89. The van der Waals surface area contributed by atoms with E-state index < -0.39 is 7.60 Å². The number of hydrogen-bond acceptors (Lipinski definition) is 6. The molecule has 2 aromatic carbocycles. The van der Waals surface area contributed by atoms with E-state index in [1.54, 1.807) is 43.3 Å². The summed E-state index contributed by atoms with van der Waals surface area (Å²) in [6.07, 6.45) is -0.0554. The monoisotopic (exact) mass is 425 g/mol. The van der Waals surface area contributed by atoms with Gasteiger partial charge in [0.2, 0.25) is 0 Å². The van der Waals surface area contributed by atoms with Crippen LogP contribution in [-0.4, -0.2) is 18.2 Å². The molecule has 0 aliphatic rings. The minimum absolute atomic E-state index is 0.0554. The van der Waals surface area contributed by atoms with Crippen LogP contribution in [0.1, 0.15) is 12.5 Å². The fourth-order valence-corrected chi connectivity index (χ4v) is 2.83. The maximum Gasteiger partial charge on any atom is 0.350 e. The average Bonchev–Trinajstić information content (AvgIpc) is 2.61. The Labute approximate surface area is 154 Å². The summed E-state index contributed by atoms with van der Waals surface area (Å²) in [6, 6.07) is 13.9. The van der Waals surface area contributed by atoms with Gasteiger partial charge in [0.25, 0.3) is 0 Å². The Bertz CT molecular complexity index is 840. The van der Waals surface area contributed by atoms with E-state index in [9.17, 15) is 9.46 Å². The Hall–Kier alpha value is -2.04. The molecule has 132 valence electrons. The first-order valence-corrected chi connectivity index (χ1v) is 9.86. The predicted octanol–water partition coefficient (Wildman–Crippen LogP) is 4.30. The van der Waals surface area contributed by atoms with Crippen molar-refractivity contribution in [2.45, 2.75) is 6.92 Å². The van der Waals surface area contributed by atoms with E-state index >= 15 is 0 Å². The number of benzene rings is 2. The summed E-state index contributed by atoms with van der Waals surface area (Å²) in [5, 5.41) is 10.1. The van der Waals surface area contributed by atoms with Gasteiger partial charge in [0, 0.05) is 16.7 Å². The van der Waals surface area contributed by atoms with Gasteiger partial charge in [-0.1, -0.05) is 19.1 Å². The summed E-state index contributed by atoms with van der Waals surface area (Å²) >= 11 is 3.39. The minimum Gasteiger partial charge on any atom is -0.494 e. The lowest BCUT2D eigenvalue weighted by molar-refractivity contribution is 0.248. The quantitative estimate of drug-likeness (QED) is 0.504. The van der Waals surface area contributed by atoms with Gasteiger partial charge in [-0.25, -0.2) is 0 Å². The minimum atomic E-state index is -3.84. The van der Waals surface area contributed by atoms with Crippen molar-refractivity contribution in [3.8, 4) is 11.8 Å². The largest absolute Gasteiger partial charge is 0.494 e. The van der Waals surface area contributed by atoms with Crippen LogP contribution in [0.2, 0.25) is 0 Å². The summed E-state index contributed by atoms with van der Waals surface area (Å²) < 4.78 is 23.3. The third-order valence-corrected chi connectivity index (χ3v) is 5.12. The summed E-state index contributed by atoms with van der Waals surface area (Å²) in [4.78, 5) is 9.89. The number of anilines is 2. The van der Waals surface area contributed by atoms with E-state index in [1.165, 1.54) is 7.11 Å². The number of nitrogens with zero attached hydrogens (tertiary/aromatic N) is 2. The van der Waals surface area contributed by atoms with E-state index in [2.05, 4.69) is 21.4 Å². The third-order valence-electron chi connectivity index (χ3n) is 3.23. The van der Waals surface area contributed by atoms with E-state index in [-0.39, 0.29) is 6.16 Å². The molecule has 2 N–H and O–H groups in total. The first-order valence-electron chi connectivity index (χ1n) is 7.31. The van der Waals surface area contributed by atoms with Gasteiger partial charge >= 0.3 is 7.60 Å². The second-order valence-corrected chi connectivity index (χ2v) is 7.84. The predicted molar refractivity (Wildman–Crippen MR) is 99.4 cm³/mol. The van der Waals surface area contributed by atoms with Crippen LogP contribution in [0.3, 0.4) is 0 Å². The summed E-state index contributed by atoms with van der Waals surface area (Å²) in [5.41, 5.74) is 4.30. The van der Waals surface area contributed by atoms with E-state index in [1.807, 2.05) is 12.1 Å². The molecule has 1 unspecified atom stereocenters. The first-order chi connectivity index (χ1) is 11.9. The number of ether oxygens (including phenoxy) is 1. The zero-order valence-electron chi connectivity index (χ0n) is 13.6. The molecule has 2 rings (SSSR count). The lowest BCUT2D eigenvalue weighted by Crippen LogP contribution is -2.29. The molecule has 0 aromatic heterocycles. The lowest BCUT2D eigenvalue weighted by atomic mass is 10.2. The Morgan fingerprint density at radius 2 is 2.08 bits per heavy atom. The standard InChI is InChI=1S/C16H17BrN3O4P/c1-3-25(21,22)24-20(15-7-5-4-6-13(15)17)19-14-9-8-12(11-18)10-16(14)23-2/h4-10,19H,3H2,1-2H3,(H,21,22). The first kappa shape index (κ1) is 19.3. The second-order valence-electron chi connectivity index (χ2n) is 4.92. The molecule has 0 bridgehead atoms. The van der Waals surface area contributed by atoms with Crippen molar-refractivity contribution in [2.24, 2.45) is 0 Å². The topological polar surface area (TPSA) is 94.8 Å². The van der Waals surface area contributed by atoms with Crippen LogP contribution in [0.25, 0.3) is 0 Å². The smallest absolute Gasteiger partial charge is 0.350 e. The molecule has 1 atom stereocenters. The highest BCUT2D eigenvalue weighted by molar-refractivity contribution is 9.10. The molecule has 0 spiro atoms. The molecule has 25 heavy (non-hydrogen) atoms. The molecule has 0 radical (unpaired) electrons. The van der Waals surface area contributed by atoms with Crippen LogP contribution < -0.4 is 15.3 Å². The normalized spacial score (nSPS) is 12.8. The molecular formula is C16H17BrN3O4P. The molecule has 0 saturated heterocycles. The molecular weight excluding hydrogens is 409 g/mol. The van der Waals surface area contributed by atoms with Crippen LogP contribution in [0, 0.1) is 11.3 Å². The molecule has 0 aliphatic heterocycles. The van der Waals surface area contributed by atoms with Crippen molar-refractivity contribution in [3.63, 3.8) is 0 Å². The van der Waals surface area contributed by atoms with Crippen molar-refractivity contribution >= 4 is 34.9 Å². The van der Waals surface area contributed by atoms with Crippen LogP contribution >= 0.6 is 23.5 Å². The van der Waals surface area contributed by atoms with Crippen LogP contribution in [0.4, 0.5) is 11.4 Å². The number of para-hydroxylation sites is 1.